The summed E-state index contributed by atoms with van der Waals surface area (Å²) in [7, 11) is 0. The van der Waals surface area contributed by atoms with Gasteiger partial charge in [0, 0.05) is 16.8 Å². The van der Waals surface area contributed by atoms with Gasteiger partial charge < -0.3 is 19.5 Å². The second-order valence-electron chi connectivity index (χ2n) is 16.5. The topological polar surface area (TPSA) is 44.5 Å². The van der Waals surface area contributed by atoms with Crippen LogP contribution in [0, 0.1) is 12.7 Å². The average Bonchev–Trinajstić information content (AvgIpc) is 3.89. The van der Waals surface area contributed by atoms with Gasteiger partial charge in [-0.1, -0.05) is 140 Å². The van der Waals surface area contributed by atoms with Gasteiger partial charge in [-0.2, -0.15) is 0 Å². The molecule has 0 bridgehead atoms. The molecule has 0 aliphatic carbocycles. The van der Waals surface area contributed by atoms with Gasteiger partial charge in [0.1, 0.15) is 11.6 Å². The molecule has 8 rings (SSSR count). The predicted molar refractivity (Wildman–Crippen MR) is 239 cm³/mol. The van der Waals surface area contributed by atoms with Crippen LogP contribution in [0.15, 0.2) is 134 Å². The zero-order valence-corrected chi connectivity index (χ0v) is 36.9. The number of rotatable bonds is 10. The van der Waals surface area contributed by atoms with Gasteiger partial charge in [-0.05, 0) is 99.2 Å². The summed E-state index contributed by atoms with van der Waals surface area (Å²) >= 11 is 0. The van der Waals surface area contributed by atoms with E-state index in [1.54, 1.807) is 0 Å². The molecule has 5 nitrogen and oxygen atoms in total. The first-order chi connectivity index (χ1) is 27.5. The first kappa shape index (κ1) is 40.8. The van der Waals surface area contributed by atoms with Crippen molar-refractivity contribution >= 4 is 22.1 Å². The van der Waals surface area contributed by atoms with Crippen molar-refractivity contribution in [1.29, 1.82) is 0 Å². The first-order valence-electron chi connectivity index (χ1n) is 20.3. The molecule has 0 unspecified atom stereocenters. The molecule has 296 valence electrons. The number of benzene rings is 6. The summed E-state index contributed by atoms with van der Waals surface area (Å²) in [6, 6.07) is 44.0. The first-order valence-corrected chi connectivity index (χ1v) is 20.3. The van der Waals surface area contributed by atoms with Gasteiger partial charge in [-0.15, -0.1) is 36.5 Å². The molecule has 7 aromatic rings. The van der Waals surface area contributed by atoms with Gasteiger partial charge in [0.15, 0.2) is 0 Å². The molecule has 1 aliphatic heterocycles. The number of phenols is 1. The standard InChI is InChI=1S/C52H52N4O.Pt/c1-33(2)42-22-15-23-43(34(3)4)50(42)56-31-48(53-52(56)45-25-24-38-18-12-13-21-44(38)51(45)57)39-19-14-20-41(28-39)54-26-27-55(32-54)49-46(35(5)6)29-40(30-47(49)36(7)8)37-16-10-9-11-17-37;/h9-27,29-36,57H,1-8H3;/q-2;+2. The third-order valence-electron chi connectivity index (χ3n) is 11.2. The fourth-order valence-electron chi connectivity index (χ4n) is 8.14. The van der Waals surface area contributed by atoms with Crippen LogP contribution < -0.4 is 9.80 Å². The fraction of sp³-hybridized carbons (Fsp3) is 0.231. The molecule has 58 heavy (non-hydrogen) atoms. The van der Waals surface area contributed by atoms with E-state index < -0.39 is 0 Å². The Balaban J connectivity index is 0.00000512. The van der Waals surface area contributed by atoms with Crippen LogP contribution in [0.5, 0.6) is 5.75 Å². The molecular weight excluding hydrogens is 892 g/mol. The number of aromatic nitrogens is 2. The van der Waals surface area contributed by atoms with E-state index in [0.29, 0.717) is 23.2 Å². The Morgan fingerprint density at radius 1 is 0.586 bits per heavy atom. The molecule has 1 aromatic heterocycles. The molecule has 0 saturated carbocycles. The van der Waals surface area contributed by atoms with Crippen molar-refractivity contribution in [2.24, 2.45) is 0 Å². The molecule has 0 amide bonds. The Labute approximate surface area is 359 Å². The number of para-hydroxylation sites is 1. The summed E-state index contributed by atoms with van der Waals surface area (Å²) in [6.45, 7) is 20.2. The average molecular weight is 944 g/mol. The molecule has 6 aromatic carbocycles. The number of aromatic hydroxyl groups is 1. The normalized spacial score (nSPS) is 12.8. The fourth-order valence-corrected chi connectivity index (χ4v) is 8.14. The van der Waals surface area contributed by atoms with Crippen molar-refractivity contribution in [2.45, 2.75) is 79.1 Å². The van der Waals surface area contributed by atoms with Gasteiger partial charge in [0.25, 0.3) is 0 Å². The summed E-state index contributed by atoms with van der Waals surface area (Å²) < 4.78 is 2.20. The van der Waals surface area contributed by atoms with E-state index in [4.69, 9.17) is 4.98 Å². The van der Waals surface area contributed by atoms with E-state index in [1.165, 1.54) is 39.1 Å². The quantitative estimate of drug-likeness (QED) is 0.139. The van der Waals surface area contributed by atoms with Crippen molar-refractivity contribution in [3.8, 4) is 45.2 Å². The SMILES string of the molecule is CC(C)c1cc(-c2ccccc2)cc(C(C)C)c1N1C=CN(c2[c-]c(-c3cn(-c4c(C(C)C)cccc4C(C)C)c(-c4ccc5ccccc5c4O)n3)ccc2)[CH-]1.[Pt+2]. The minimum absolute atomic E-state index is 0. The Bertz CT molecular complexity index is 2550. The maximum atomic E-state index is 11.8. The van der Waals surface area contributed by atoms with Crippen LogP contribution in [0.1, 0.15) is 101 Å². The second-order valence-corrected chi connectivity index (χ2v) is 16.5. The van der Waals surface area contributed by atoms with Crippen LogP contribution >= 0.6 is 0 Å². The number of phenolic OH excluding ortho intramolecular Hbond substituents is 1. The van der Waals surface area contributed by atoms with Gasteiger partial charge >= 0.3 is 21.1 Å². The molecule has 0 saturated heterocycles. The van der Waals surface area contributed by atoms with E-state index in [2.05, 4.69) is 186 Å². The zero-order chi connectivity index (χ0) is 40.0. The molecule has 6 heteroatoms. The third-order valence-corrected chi connectivity index (χ3v) is 11.2. The van der Waals surface area contributed by atoms with Crippen LogP contribution in [0.2, 0.25) is 0 Å². The molecular formula is C52H52N4OPt. The van der Waals surface area contributed by atoms with Crippen molar-refractivity contribution in [3.05, 3.63) is 169 Å². The van der Waals surface area contributed by atoms with Crippen molar-refractivity contribution in [2.75, 3.05) is 9.80 Å². The van der Waals surface area contributed by atoms with E-state index in [9.17, 15) is 5.11 Å². The smallest absolute Gasteiger partial charge is 0.507 e. The summed E-state index contributed by atoms with van der Waals surface area (Å²) in [4.78, 5) is 9.74. The minimum Gasteiger partial charge on any atom is -0.507 e. The van der Waals surface area contributed by atoms with Crippen molar-refractivity contribution < 1.29 is 26.2 Å². The Kier molecular flexibility index (Phi) is 11.8. The molecule has 0 fully saturated rings. The van der Waals surface area contributed by atoms with Crippen LogP contribution in [-0.4, -0.2) is 14.7 Å². The Morgan fingerprint density at radius 2 is 1.19 bits per heavy atom. The molecule has 0 radical (unpaired) electrons. The Morgan fingerprint density at radius 3 is 1.84 bits per heavy atom. The predicted octanol–water partition coefficient (Wildman–Crippen LogP) is 13.9. The summed E-state index contributed by atoms with van der Waals surface area (Å²) in [6.07, 6.45) is 6.39. The minimum atomic E-state index is 0. The van der Waals surface area contributed by atoms with Crippen LogP contribution in [0.25, 0.3) is 50.2 Å². The number of anilines is 2. The third kappa shape index (κ3) is 7.65. The van der Waals surface area contributed by atoms with Crippen LogP contribution in [0.4, 0.5) is 11.4 Å². The number of hydrogen-bond donors (Lipinski definition) is 1. The monoisotopic (exact) mass is 943 g/mol. The van der Waals surface area contributed by atoms with Crippen LogP contribution in [0.3, 0.4) is 0 Å². The van der Waals surface area contributed by atoms with Gasteiger partial charge in [-0.25, -0.2) is 0 Å². The van der Waals surface area contributed by atoms with E-state index in [0.717, 1.165) is 33.4 Å². The Hall–Kier alpha value is -5.38. The molecule has 0 spiro atoms. The number of fused-ring (bicyclic) bond motifs is 1. The maximum absolute atomic E-state index is 11.8. The number of nitrogens with zero attached hydrogens (tertiary/aromatic N) is 4. The molecule has 0 atom stereocenters. The number of imidazole rings is 1. The molecule has 1 N–H and O–H groups in total. The zero-order valence-electron chi connectivity index (χ0n) is 34.6. The maximum Gasteiger partial charge on any atom is 2.00 e. The van der Waals surface area contributed by atoms with Gasteiger partial charge in [-0.3, -0.25) is 4.98 Å². The molecule has 1 aliphatic rings. The van der Waals surface area contributed by atoms with Crippen LogP contribution in [-0.2, 0) is 21.1 Å². The summed E-state index contributed by atoms with van der Waals surface area (Å²) in [5.41, 5.74) is 13.2. The van der Waals surface area contributed by atoms with E-state index >= 15 is 0 Å². The van der Waals surface area contributed by atoms with Gasteiger partial charge in [0.05, 0.1) is 11.3 Å². The summed E-state index contributed by atoms with van der Waals surface area (Å²) in [5.74, 6) is 2.14. The summed E-state index contributed by atoms with van der Waals surface area (Å²) in [5, 5.41) is 13.6. The van der Waals surface area contributed by atoms with Gasteiger partial charge in [0.2, 0.25) is 0 Å². The molecule has 2 heterocycles. The van der Waals surface area contributed by atoms with E-state index in [1.807, 2.05) is 30.3 Å². The van der Waals surface area contributed by atoms with E-state index in [-0.39, 0.29) is 38.7 Å². The van der Waals surface area contributed by atoms with Crippen molar-refractivity contribution in [3.63, 3.8) is 0 Å². The number of hydrogen-bond acceptors (Lipinski definition) is 4. The second kappa shape index (κ2) is 16.8. The largest absolute Gasteiger partial charge is 2.00 e. The van der Waals surface area contributed by atoms with Crippen molar-refractivity contribution in [1.82, 2.24) is 9.55 Å².